The number of hydrogen-bond donors (Lipinski definition) is 0. The van der Waals surface area contributed by atoms with Crippen LogP contribution in [-0.2, 0) is 14.3 Å². The van der Waals surface area contributed by atoms with Crippen molar-refractivity contribution in [2.75, 3.05) is 13.1 Å². The van der Waals surface area contributed by atoms with Gasteiger partial charge in [0.15, 0.2) is 9.84 Å². The molecule has 28 heavy (non-hydrogen) atoms. The van der Waals surface area contributed by atoms with Gasteiger partial charge in [-0.1, -0.05) is 59.7 Å². The Labute approximate surface area is 172 Å². The molecular formula is C22H37NO3SSi. The molecule has 0 unspecified atom stereocenters. The Kier molecular flexibility index (Phi) is 6.45. The molecule has 3 rings (SSSR count). The van der Waals surface area contributed by atoms with Crippen LogP contribution in [-0.4, -0.2) is 52.1 Å². The molecule has 1 aromatic rings. The van der Waals surface area contributed by atoms with E-state index in [4.69, 9.17) is 4.43 Å². The molecule has 0 bridgehead atoms. The monoisotopic (exact) mass is 423 g/mol. The molecule has 158 valence electrons. The van der Waals surface area contributed by atoms with E-state index < -0.39 is 18.2 Å². The number of rotatable bonds is 7. The zero-order valence-corrected chi connectivity index (χ0v) is 20.1. The Balaban J connectivity index is 1.92. The van der Waals surface area contributed by atoms with Crippen molar-refractivity contribution in [2.45, 2.75) is 93.3 Å². The van der Waals surface area contributed by atoms with E-state index in [1.54, 1.807) is 12.1 Å². The van der Waals surface area contributed by atoms with Gasteiger partial charge in [-0.25, -0.2) is 8.42 Å². The third kappa shape index (κ3) is 3.62. The van der Waals surface area contributed by atoms with Crippen LogP contribution in [0.15, 0.2) is 35.2 Å². The molecule has 0 aliphatic carbocycles. The number of sulfone groups is 1. The summed E-state index contributed by atoms with van der Waals surface area (Å²) in [5.41, 5.74) is 1.52. The second-order valence-corrected chi connectivity index (χ2v) is 17.0. The van der Waals surface area contributed by atoms with E-state index in [1.165, 1.54) is 0 Å². The highest BCUT2D eigenvalue weighted by atomic mass is 32.2. The smallest absolute Gasteiger partial charge is 0.200 e. The molecule has 2 heterocycles. The quantitative estimate of drug-likeness (QED) is 0.587. The van der Waals surface area contributed by atoms with Crippen LogP contribution in [0, 0.1) is 0 Å². The van der Waals surface area contributed by atoms with Crippen molar-refractivity contribution in [2.24, 2.45) is 0 Å². The molecule has 2 fully saturated rings. The van der Waals surface area contributed by atoms with Crippen molar-refractivity contribution in [3.8, 4) is 0 Å². The Morgan fingerprint density at radius 2 is 1.46 bits per heavy atom. The van der Waals surface area contributed by atoms with Gasteiger partial charge in [0.2, 0.25) is 8.32 Å². The van der Waals surface area contributed by atoms with Crippen LogP contribution in [0.25, 0.3) is 0 Å². The van der Waals surface area contributed by atoms with Gasteiger partial charge in [0.05, 0.1) is 22.3 Å². The van der Waals surface area contributed by atoms with Crippen LogP contribution in [0.3, 0.4) is 0 Å². The largest absolute Gasteiger partial charge is 0.411 e. The average molecular weight is 424 g/mol. The van der Waals surface area contributed by atoms with Crippen molar-refractivity contribution in [3.05, 3.63) is 30.3 Å². The summed E-state index contributed by atoms with van der Waals surface area (Å²) in [6, 6.07) is 8.96. The molecule has 0 aromatic heterocycles. The maximum atomic E-state index is 13.4. The van der Waals surface area contributed by atoms with Crippen molar-refractivity contribution < 1.29 is 12.8 Å². The number of nitrogens with zero attached hydrogens (tertiary/aromatic N) is 1. The van der Waals surface area contributed by atoms with E-state index in [0.29, 0.717) is 27.9 Å². The summed E-state index contributed by atoms with van der Waals surface area (Å²) in [6.07, 6.45) is 1.69. The van der Waals surface area contributed by atoms with E-state index in [9.17, 15) is 8.42 Å². The van der Waals surface area contributed by atoms with Crippen LogP contribution in [0.2, 0.25) is 16.6 Å². The molecule has 2 aliphatic heterocycles. The Bertz CT molecular complexity index is 741. The predicted octanol–water partition coefficient (Wildman–Crippen LogP) is 4.87. The Hall–Kier alpha value is -0.693. The highest BCUT2D eigenvalue weighted by Crippen LogP contribution is 2.46. The molecule has 3 atom stereocenters. The minimum Gasteiger partial charge on any atom is -0.411 e. The van der Waals surface area contributed by atoms with Gasteiger partial charge in [-0.3, -0.25) is 4.90 Å². The van der Waals surface area contributed by atoms with E-state index in [1.807, 2.05) is 18.2 Å². The van der Waals surface area contributed by atoms with Crippen LogP contribution in [0.5, 0.6) is 0 Å². The number of hydrogen-bond acceptors (Lipinski definition) is 4. The summed E-state index contributed by atoms with van der Waals surface area (Å²) in [5.74, 6) is 0. The minimum atomic E-state index is -3.35. The van der Waals surface area contributed by atoms with Gasteiger partial charge in [-0.05, 0) is 48.1 Å². The minimum absolute atomic E-state index is 0.00617. The van der Waals surface area contributed by atoms with Gasteiger partial charge >= 0.3 is 0 Å². The second-order valence-electron chi connectivity index (χ2n) is 9.47. The van der Waals surface area contributed by atoms with Crippen molar-refractivity contribution in [3.63, 3.8) is 0 Å². The molecular weight excluding hydrogens is 386 g/mol. The van der Waals surface area contributed by atoms with Gasteiger partial charge in [0.1, 0.15) is 0 Å². The zero-order valence-electron chi connectivity index (χ0n) is 18.3. The van der Waals surface area contributed by atoms with Crippen LogP contribution in [0.1, 0.15) is 54.4 Å². The number of benzene rings is 1. The van der Waals surface area contributed by atoms with Gasteiger partial charge in [0, 0.05) is 6.54 Å². The zero-order chi connectivity index (χ0) is 20.7. The summed E-state index contributed by atoms with van der Waals surface area (Å²) in [4.78, 5) is 2.82. The highest BCUT2D eigenvalue weighted by Gasteiger charge is 2.54. The van der Waals surface area contributed by atoms with Crippen molar-refractivity contribution in [1.29, 1.82) is 0 Å². The first kappa shape index (κ1) is 22.0. The molecule has 2 saturated heterocycles. The lowest BCUT2D eigenvalue weighted by Gasteiger charge is -2.45. The SMILES string of the molecule is CC(C)[Si](O[C@@H]1CCN2CC[C@H](S(=O)(=O)c3ccccc3)[C@@H]12)(C(C)C)C(C)C. The molecule has 0 saturated carbocycles. The molecule has 0 spiro atoms. The van der Waals surface area contributed by atoms with Crippen LogP contribution in [0.4, 0.5) is 0 Å². The van der Waals surface area contributed by atoms with Gasteiger partial charge in [-0.2, -0.15) is 0 Å². The lowest BCUT2D eigenvalue weighted by molar-refractivity contribution is 0.138. The normalized spacial score (nSPS) is 26.5. The third-order valence-electron chi connectivity index (χ3n) is 7.12. The Morgan fingerprint density at radius 1 is 0.929 bits per heavy atom. The Morgan fingerprint density at radius 3 is 2.00 bits per heavy atom. The molecule has 1 aromatic carbocycles. The standard InChI is InChI=1S/C22H37NO3SSi/c1-16(2)28(17(3)4,18(5)6)26-20-12-14-23-15-13-21(22(20)23)27(24,25)19-10-8-7-9-11-19/h7-11,16-18,20-22H,12-15H2,1-6H3/t20-,21+,22-/m1/s1. The summed E-state index contributed by atoms with van der Waals surface area (Å²) in [6.45, 7) is 15.6. The second kappa shape index (κ2) is 8.21. The van der Waals surface area contributed by atoms with Gasteiger partial charge in [-0.15, -0.1) is 0 Å². The molecule has 6 heteroatoms. The van der Waals surface area contributed by atoms with Crippen LogP contribution < -0.4 is 0 Å². The van der Waals surface area contributed by atoms with Crippen LogP contribution >= 0.6 is 0 Å². The molecule has 0 N–H and O–H groups in total. The first-order valence-corrected chi connectivity index (χ1v) is 14.5. The van der Waals surface area contributed by atoms with E-state index in [0.717, 1.165) is 19.5 Å². The molecule has 2 aliphatic rings. The lowest BCUT2D eigenvalue weighted by Crippen LogP contribution is -2.53. The molecule has 0 amide bonds. The van der Waals surface area contributed by atoms with Crippen molar-refractivity contribution >= 4 is 18.2 Å². The first-order chi connectivity index (χ1) is 13.1. The lowest BCUT2D eigenvalue weighted by atomic mass is 10.1. The fourth-order valence-electron chi connectivity index (χ4n) is 5.97. The summed E-state index contributed by atoms with van der Waals surface area (Å²) in [7, 11) is -5.39. The topological polar surface area (TPSA) is 46.6 Å². The van der Waals surface area contributed by atoms with Gasteiger partial charge in [0.25, 0.3) is 0 Å². The fourth-order valence-corrected chi connectivity index (χ4v) is 13.6. The van der Waals surface area contributed by atoms with E-state index >= 15 is 0 Å². The summed E-state index contributed by atoms with van der Waals surface area (Å²) < 4.78 is 33.9. The summed E-state index contributed by atoms with van der Waals surface area (Å²) >= 11 is 0. The average Bonchev–Trinajstić information content (AvgIpc) is 3.22. The molecule has 0 radical (unpaired) electrons. The van der Waals surface area contributed by atoms with E-state index in [-0.39, 0.29) is 17.4 Å². The molecule has 4 nitrogen and oxygen atoms in total. The van der Waals surface area contributed by atoms with Crippen molar-refractivity contribution in [1.82, 2.24) is 4.90 Å². The maximum Gasteiger partial charge on any atom is 0.200 e. The first-order valence-electron chi connectivity index (χ1n) is 10.8. The predicted molar refractivity (Wildman–Crippen MR) is 118 cm³/mol. The summed E-state index contributed by atoms with van der Waals surface area (Å²) in [5, 5.41) is -0.361. The highest BCUT2D eigenvalue weighted by molar-refractivity contribution is 7.92. The third-order valence-corrected chi connectivity index (χ3v) is 15.5. The van der Waals surface area contributed by atoms with E-state index in [2.05, 4.69) is 46.4 Å². The fraction of sp³-hybridized carbons (Fsp3) is 0.727. The number of fused-ring (bicyclic) bond motifs is 1. The maximum absolute atomic E-state index is 13.4. The van der Waals surface area contributed by atoms with Gasteiger partial charge < -0.3 is 4.43 Å².